The van der Waals surface area contributed by atoms with Crippen molar-refractivity contribution in [3.8, 4) is 6.07 Å². The van der Waals surface area contributed by atoms with E-state index in [1.54, 1.807) is 0 Å². The fraction of sp³-hybridized carbons (Fsp3) is 0.333. The lowest BCUT2D eigenvalue weighted by molar-refractivity contribution is -0.123. The Morgan fingerprint density at radius 1 is 1.29 bits per heavy atom. The van der Waals surface area contributed by atoms with E-state index in [1.807, 2.05) is 18.2 Å². The molecular formula is C18H15NO2. The molecule has 3 nitrogen and oxygen atoms in total. The van der Waals surface area contributed by atoms with Crippen molar-refractivity contribution < 1.29 is 9.53 Å². The van der Waals surface area contributed by atoms with E-state index < -0.39 is 0 Å². The molecule has 0 aromatic heterocycles. The van der Waals surface area contributed by atoms with Crippen molar-refractivity contribution in [2.75, 3.05) is 0 Å². The molecule has 0 bridgehead atoms. The topological polar surface area (TPSA) is 50.1 Å². The van der Waals surface area contributed by atoms with Crippen LogP contribution in [0.25, 0.3) is 5.57 Å². The van der Waals surface area contributed by atoms with Gasteiger partial charge < -0.3 is 4.74 Å². The molecule has 0 radical (unpaired) electrons. The number of ether oxygens (including phenoxy) is 1. The minimum absolute atomic E-state index is 0.0393. The fourth-order valence-electron chi connectivity index (χ4n) is 3.58. The van der Waals surface area contributed by atoms with Crippen molar-refractivity contribution in [2.24, 2.45) is 5.92 Å². The number of hydrogen-bond acceptors (Lipinski definition) is 3. The number of ketones is 1. The first-order valence-corrected chi connectivity index (χ1v) is 7.39. The molecule has 0 N–H and O–H groups in total. The Kier molecular flexibility index (Phi) is 2.71. The third kappa shape index (κ3) is 1.91. The van der Waals surface area contributed by atoms with Crippen LogP contribution in [0, 0.1) is 17.2 Å². The van der Waals surface area contributed by atoms with Gasteiger partial charge in [-0.1, -0.05) is 17.7 Å². The summed E-state index contributed by atoms with van der Waals surface area (Å²) in [6.07, 6.45) is 5.54. The third-order valence-electron chi connectivity index (χ3n) is 4.67. The number of carbonyl (C=O) groups is 1. The first kappa shape index (κ1) is 12.4. The fourth-order valence-corrected chi connectivity index (χ4v) is 3.58. The molecule has 3 heteroatoms. The Morgan fingerprint density at radius 2 is 2.19 bits per heavy atom. The second kappa shape index (κ2) is 4.60. The van der Waals surface area contributed by atoms with Crippen LogP contribution in [0.3, 0.4) is 0 Å². The van der Waals surface area contributed by atoms with Gasteiger partial charge >= 0.3 is 0 Å². The zero-order valence-corrected chi connectivity index (χ0v) is 11.7. The van der Waals surface area contributed by atoms with Gasteiger partial charge in [-0.2, -0.15) is 5.26 Å². The highest BCUT2D eigenvalue weighted by Gasteiger charge is 2.34. The highest BCUT2D eigenvalue weighted by Crippen LogP contribution is 2.43. The van der Waals surface area contributed by atoms with Gasteiger partial charge in [-0.25, -0.2) is 0 Å². The summed E-state index contributed by atoms with van der Waals surface area (Å²) in [5, 5.41) is 9.00. The summed E-state index contributed by atoms with van der Waals surface area (Å²) < 4.78 is 5.88. The monoisotopic (exact) mass is 277 g/mol. The van der Waals surface area contributed by atoms with Gasteiger partial charge in [-0.3, -0.25) is 4.79 Å². The molecule has 4 rings (SSSR count). The van der Waals surface area contributed by atoms with E-state index in [2.05, 4.69) is 12.1 Å². The number of rotatable bonds is 0. The zero-order chi connectivity index (χ0) is 14.4. The average molecular weight is 277 g/mol. The standard InChI is InChI=1S/C18H15NO2/c19-9-11-4-5-14-13(6-11)10-21-18-8-15-12(7-16(14)18)2-1-3-17(15)20/h4-7,15H,1-3,8,10H2. The van der Waals surface area contributed by atoms with Gasteiger partial charge in [-0.05, 0) is 36.1 Å². The van der Waals surface area contributed by atoms with E-state index in [4.69, 9.17) is 10.00 Å². The van der Waals surface area contributed by atoms with E-state index in [0.29, 0.717) is 30.8 Å². The molecule has 1 saturated carbocycles. The molecule has 0 amide bonds. The first-order chi connectivity index (χ1) is 10.3. The Balaban J connectivity index is 1.80. The van der Waals surface area contributed by atoms with E-state index in [0.717, 1.165) is 35.3 Å². The molecule has 2 aliphatic carbocycles. The van der Waals surface area contributed by atoms with Crippen LogP contribution in [0.1, 0.15) is 42.4 Å². The quantitative estimate of drug-likeness (QED) is 0.729. The Hall–Kier alpha value is -2.34. The van der Waals surface area contributed by atoms with Crippen LogP contribution in [0.2, 0.25) is 0 Å². The summed E-state index contributed by atoms with van der Waals surface area (Å²) in [6, 6.07) is 7.93. The Morgan fingerprint density at radius 3 is 3.05 bits per heavy atom. The number of fused-ring (bicyclic) bond motifs is 3. The summed E-state index contributed by atoms with van der Waals surface area (Å²) in [4.78, 5) is 12.1. The van der Waals surface area contributed by atoms with E-state index in [9.17, 15) is 4.79 Å². The third-order valence-corrected chi connectivity index (χ3v) is 4.67. The van der Waals surface area contributed by atoms with E-state index in [1.165, 1.54) is 5.57 Å². The lowest BCUT2D eigenvalue weighted by atomic mass is 9.75. The molecule has 1 aromatic rings. The Labute approximate surface area is 123 Å². The normalized spacial score (nSPS) is 23.3. The van der Waals surface area contributed by atoms with Gasteiger partial charge in [0.25, 0.3) is 0 Å². The van der Waals surface area contributed by atoms with Gasteiger partial charge in [0.05, 0.1) is 11.6 Å². The number of benzene rings is 1. The van der Waals surface area contributed by atoms with Crippen molar-refractivity contribution in [1.29, 1.82) is 5.26 Å². The minimum Gasteiger partial charge on any atom is -0.493 e. The highest BCUT2D eigenvalue weighted by atomic mass is 16.5. The van der Waals surface area contributed by atoms with Crippen molar-refractivity contribution in [1.82, 2.24) is 0 Å². The number of carbonyl (C=O) groups excluding carboxylic acids is 1. The number of allylic oxidation sites excluding steroid dienone is 4. The van der Waals surface area contributed by atoms with Crippen LogP contribution in [0.4, 0.5) is 0 Å². The number of nitrogens with zero attached hydrogens (tertiary/aromatic N) is 1. The van der Waals surface area contributed by atoms with Crippen molar-refractivity contribution in [3.05, 3.63) is 52.3 Å². The summed E-state index contributed by atoms with van der Waals surface area (Å²) in [6.45, 7) is 0.494. The predicted octanol–water partition coefficient (Wildman–Crippen LogP) is 3.50. The molecule has 1 unspecified atom stereocenters. The maximum atomic E-state index is 12.1. The molecule has 21 heavy (non-hydrogen) atoms. The lowest BCUT2D eigenvalue weighted by Gasteiger charge is -2.33. The molecule has 1 atom stereocenters. The van der Waals surface area contributed by atoms with E-state index >= 15 is 0 Å². The van der Waals surface area contributed by atoms with Gasteiger partial charge in [0.2, 0.25) is 0 Å². The van der Waals surface area contributed by atoms with Crippen LogP contribution in [-0.2, 0) is 16.1 Å². The predicted molar refractivity (Wildman–Crippen MR) is 77.9 cm³/mol. The highest BCUT2D eigenvalue weighted by molar-refractivity contribution is 5.90. The summed E-state index contributed by atoms with van der Waals surface area (Å²) in [5.74, 6) is 1.34. The molecule has 1 aromatic carbocycles. The maximum Gasteiger partial charge on any atom is 0.140 e. The van der Waals surface area contributed by atoms with Crippen LogP contribution in [-0.4, -0.2) is 5.78 Å². The van der Waals surface area contributed by atoms with Crippen molar-refractivity contribution in [3.63, 3.8) is 0 Å². The smallest absolute Gasteiger partial charge is 0.140 e. The molecule has 0 spiro atoms. The molecule has 104 valence electrons. The largest absolute Gasteiger partial charge is 0.493 e. The van der Waals surface area contributed by atoms with Gasteiger partial charge in [0.1, 0.15) is 18.1 Å². The number of nitriles is 1. The van der Waals surface area contributed by atoms with Gasteiger partial charge in [-0.15, -0.1) is 0 Å². The molecular weight excluding hydrogens is 262 g/mol. The number of hydrogen-bond donors (Lipinski definition) is 0. The second-order valence-electron chi connectivity index (χ2n) is 5.91. The SMILES string of the molecule is N#Cc1ccc2c(c1)COC1=C2C=C2CCCC(=O)C2C1. The van der Waals surface area contributed by atoms with Crippen molar-refractivity contribution >= 4 is 11.4 Å². The molecule has 0 saturated heterocycles. The van der Waals surface area contributed by atoms with Crippen LogP contribution >= 0.6 is 0 Å². The zero-order valence-electron chi connectivity index (χ0n) is 11.7. The number of Topliss-reactive ketones (excluding diaryl/α,β-unsaturated/α-hetero) is 1. The summed E-state index contributed by atoms with van der Waals surface area (Å²) in [7, 11) is 0. The maximum absolute atomic E-state index is 12.1. The van der Waals surface area contributed by atoms with Crippen LogP contribution in [0.15, 0.2) is 35.6 Å². The van der Waals surface area contributed by atoms with E-state index in [-0.39, 0.29) is 5.92 Å². The van der Waals surface area contributed by atoms with Gasteiger partial charge in [0.15, 0.2) is 0 Å². The second-order valence-corrected chi connectivity index (χ2v) is 5.91. The lowest BCUT2D eigenvalue weighted by Crippen LogP contribution is -2.26. The van der Waals surface area contributed by atoms with Crippen LogP contribution in [0.5, 0.6) is 0 Å². The minimum atomic E-state index is 0.0393. The summed E-state index contributed by atoms with van der Waals surface area (Å²) >= 11 is 0. The summed E-state index contributed by atoms with van der Waals surface area (Å²) in [5.41, 5.74) is 5.24. The molecule has 1 fully saturated rings. The van der Waals surface area contributed by atoms with Crippen molar-refractivity contribution in [2.45, 2.75) is 32.3 Å². The Bertz CT molecular complexity index is 749. The average Bonchev–Trinajstić information content (AvgIpc) is 2.53. The van der Waals surface area contributed by atoms with Crippen LogP contribution < -0.4 is 0 Å². The molecule has 1 aliphatic heterocycles. The molecule has 3 aliphatic rings. The molecule has 1 heterocycles. The van der Waals surface area contributed by atoms with Gasteiger partial charge in [0, 0.05) is 24.3 Å². The first-order valence-electron chi connectivity index (χ1n) is 7.39.